The Morgan fingerprint density at radius 1 is 0.412 bits per heavy atom. The van der Waals surface area contributed by atoms with Crippen molar-refractivity contribution in [1.82, 2.24) is 0 Å². The van der Waals surface area contributed by atoms with Gasteiger partial charge in [-0.25, -0.2) is 0 Å². The van der Waals surface area contributed by atoms with Gasteiger partial charge in [0.1, 0.15) is 0 Å². The van der Waals surface area contributed by atoms with E-state index in [1.165, 1.54) is 0 Å². The van der Waals surface area contributed by atoms with Crippen molar-refractivity contribution in [3.05, 3.63) is 0 Å². The van der Waals surface area contributed by atoms with Gasteiger partial charge in [0, 0.05) is 0 Å². The molecule has 0 unspecified atom stereocenters. The topological polar surface area (TPSA) is 198 Å². The smallest absolute Gasteiger partial charge is 1.00 e. The minimum atomic E-state index is -2.92. The standard InChI is InChI=1S/2BO3.2FH.5Mg.2H2O/c2*2-1(3)4;;;;;;;;;/h;;2*1H;;;;;;2*1H2/q2*-3;;;5*+2;;/p-4. The predicted octanol–water partition coefficient (Wildman–Crippen LogP) is -16.1. The molecule has 0 saturated carbocycles. The van der Waals surface area contributed by atoms with Crippen LogP contribution in [0.25, 0.3) is 0 Å². The first-order valence-electron chi connectivity index (χ1n) is 1.41. The minimum absolute atomic E-state index is 0. The van der Waals surface area contributed by atoms with Crippen molar-refractivity contribution < 1.29 is 50.5 Å². The number of rotatable bonds is 0. The molecule has 0 aromatic carbocycles. The zero-order valence-electron chi connectivity index (χ0n) is 8.79. The Kier molecular flexibility index (Phi) is 376. The average molecular weight is 311 g/mol. The van der Waals surface area contributed by atoms with Crippen molar-refractivity contribution in [2.24, 2.45) is 0 Å². The summed E-state index contributed by atoms with van der Waals surface area (Å²) in [5.41, 5.74) is 0. The van der Waals surface area contributed by atoms with Gasteiger partial charge < -0.3 is 50.5 Å². The molecular weight excluding hydrogens is 309 g/mol. The molecule has 2 N–H and O–H groups in total. The molecular formula is H2B2F2Mg5O8. The Morgan fingerprint density at radius 2 is 0.412 bits per heavy atom. The van der Waals surface area contributed by atoms with Crippen molar-refractivity contribution >= 4 is 130 Å². The van der Waals surface area contributed by atoms with Gasteiger partial charge in [0.25, 0.3) is 0 Å². The number of hydrogen-bond donors (Lipinski definition) is 0. The van der Waals surface area contributed by atoms with E-state index in [0.717, 1.165) is 0 Å². The van der Waals surface area contributed by atoms with Crippen LogP contribution in [0, 0.1) is 0 Å². The largest absolute Gasteiger partial charge is 2.00 e. The Hall–Kier alpha value is 3.50. The summed E-state index contributed by atoms with van der Waals surface area (Å²) in [5.74, 6) is 0. The van der Waals surface area contributed by atoms with Crippen molar-refractivity contribution in [3.8, 4) is 0 Å². The van der Waals surface area contributed by atoms with Crippen LogP contribution in [-0.2, 0) is 0 Å². The molecule has 0 saturated heterocycles. The van der Waals surface area contributed by atoms with Gasteiger partial charge >= 0.3 is 115 Å². The van der Waals surface area contributed by atoms with Gasteiger partial charge in [-0.2, -0.15) is 0 Å². The Labute approximate surface area is 178 Å². The molecule has 0 atom stereocenters. The van der Waals surface area contributed by atoms with Crippen LogP contribution in [0.3, 0.4) is 0 Å². The van der Waals surface area contributed by atoms with Gasteiger partial charge in [0.2, 0.25) is 0 Å². The van der Waals surface area contributed by atoms with E-state index in [9.17, 15) is 0 Å². The first-order valence-corrected chi connectivity index (χ1v) is 1.41. The maximum atomic E-state index is 8.42. The minimum Gasteiger partial charge on any atom is -1.00 e. The molecule has 0 aromatic heterocycles. The summed E-state index contributed by atoms with van der Waals surface area (Å²) in [6.07, 6.45) is 0. The van der Waals surface area contributed by atoms with Gasteiger partial charge in [-0.3, -0.25) is 14.6 Å². The van der Waals surface area contributed by atoms with E-state index in [1.807, 2.05) is 0 Å². The summed E-state index contributed by atoms with van der Waals surface area (Å²) in [4.78, 5) is 0. The molecule has 0 aliphatic rings. The third kappa shape index (κ3) is 487. The maximum Gasteiger partial charge on any atom is 2.00 e. The second-order valence-corrected chi connectivity index (χ2v) is 0.577. The molecule has 17 heteroatoms. The van der Waals surface area contributed by atoms with Crippen molar-refractivity contribution in [2.45, 2.75) is 0 Å². The van der Waals surface area contributed by atoms with Crippen LogP contribution >= 0.6 is 0 Å². The molecule has 0 heterocycles. The van der Waals surface area contributed by atoms with E-state index in [1.54, 1.807) is 0 Å². The van der Waals surface area contributed by atoms with Crippen molar-refractivity contribution in [2.75, 3.05) is 0 Å². The zero-order valence-corrected chi connectivity index (χ0v) is 15.9. The van der Waals surface area contributed by atoms with Crippen LogP contribution in [-0.4, -0.2) is 141 Å². The molecule has 0 spiro atoms. The van der Waals surface area contributed by atoms with Crippen molar-refractivity contribution in [3.63, 3.8) is 0 Å². The molecule has 17 heavy (non-hydrogen) atoms. The normalized spacial score (nSPS) is 3.18. The van der Waals surface area contributed by atoms with Gasteiger partial charge in [-0.05, 0) is 0 Å². The van der Waals surface area contributed by atoms with E-state index in [-0.39, 0.29) is 136 Å². The second kappa shape index (κ2) is 73.9. The molecule has 8 nitrogen and oxygen atoms in total. The van der Waals surface area contributed by atoms with Gasteiger partial charge in [-0.15, -0.1) is 0 Å². The fourth-order valence-electron chi connectivity index (χ4n) is 0. The van der Waals surface area contributed by atoms with Crippen LogP contribution in [0.15, 0.2) is 0 Å². The Balaban J connectivity index is -0.00000000308. The molecule has 80 valence electrons. The van der Waals surface area contributed by atoms with Crippen LogP contribution < -0.4 is 39.6 Å². The van der Waals surface area contributed by atoms with Crippen LogP contribution in [0.2, 0.25) is 0 Å². The van der Waals surface area contributed by atoms with E-state index in [2.05, 4.69) is 0 Å². The summed E-state index contributed by atoms with van der Waals surface area (Å²) < 4.78 is 0. The number of hydrogen-bond acceptors (Lipinski definition) is 8. The fraction of sp³-hybridized carbons (Fsp3) is 0. The maximum absolute atomic E-state index is 8.42. The Bertz CT molecular complexity index is 45.4. The average Bonchev–Trinajstić information content (AvgIpc) is 1.25. The van der Waals surface area contributed by atoms with E-state index in [4.69, 9.17) is 30.1 Å². The van der Waals surface area contributed by atoms with Gasteiger partial charge in [0.15, 0.2) is 0 Å². The quantitative estimate of drug-likeness (QED) is 0.392. The molecule has 0 bridgehead atoms. The second-order valence-electron chi connectivity index (χ2n) is 0.577. The first kappa shape index (κ1) is 86.4. The summed E-state index contributed by atoms with van der Waals surface area (Å²) in [6.45, 7) is 0. The molecule has 0 amide bonds. The fourth-order valence-corrected chi connectivity index (χ4v) is 0. The van der Waals surface area contributed by atoms with E-state index < -0.39 is 14.6 Å². The molecule has 0 rings (SSSR count). The van der Waals surface area contributed by atoms with Gasteiger partial charge in [0.05, 0.1) is 0 Å². The number of halogens is 2. The zero-order chi connectivity index (χ0) is 7.15. The molecule has 0 aromatic rings. The van der Waals surface area contributed by atoms with Crippen molar-refractivity contribution in [1.29, 1.82) is 0 Å². The first-order chi connectivity index (χ1) is 3.46. The summed E-state index contributed by atoms with van der Waals surface area (Å²) in [6, 6.07) is 0. The van der Waals surface area contributed by atoms with E-state index in [0.29, 0.717) is 0 Å². The van der Waals surface area contributed by atoms with Crippen LogP contribution in [0.5, 0.6) is 0 Å². The molecule has 0 aliphatic carbocycles. The third-order valence-corrected chi connectivity index (χ3v) is 0. The summed E-state index contributed by atoms with van der Waals surface area (Å²) in [7, 11) is -5.83. The summed E-state index contributed by atoms with van der Waals surface area (Å²) in [5, 5.41) is 50.5. The van der Waals surface area contributed by atoms with Crippen LogP contribution in [0.4, 0.5) is 0 Å². The monoisotopic (exact) mass is 310 g/mol. The molecule has 0 aliphatic heterocycles. The SMILES string of the molecule is [F-].[F-].[Mg+2].[Mg+2].[Mg+2].[Mg+2].[Mg+2].[O-]B([O-])[O-].[O-]B([O-])[O-].[OH-].[OH-]. The predicted molar refractivity (Wildman–Crippen MR) is 44.1 cm³/mol. The van der Waals surface area contributed by atoms with E-state index >= 15 is 0 Å². The van der Waals surface area contributed by atoms with Gasteiger partial charge in [-0.1, -0.05) is 0 Å². The summed E-state index contributed by atoms with van der Waals surface area (Å²) >= 11 is 0. The van der Waals surface area contributed by atoms with Crippen LogP contribution in [0.1, 0.15) is 0 Å². The third-order valence-electron chi connectivity index (χ3n) is 0. The molecule has 0 radical (unpaired) electrons. The molecule has 0 fully saturated rings. The Morgan fingerprint density at radius 3 is 0.412 bits per heavy atom.